The van der Waals surface area contributed by atoms with Gasteiger partial charge in [0.1, 0.15) is 5.82 Å². The van der Waals surface area contributed by atoms with Crippen molar-refractivity contribution in [3.8, 4) is 0 Å². The molecule has 1 aromatic carbocycles. The molecule has 0 radical (unpaired) electrons. The van der Waals surface area contributed by atoms with E-state index in [-0.39, 0.29) is 11.9 Å². The average Bonchev–Trinajstić information content (AvgIpc) is 2.89. The van der Waals surface area contributed by atoms with Crippen LogP contribution in [-0.4, -0.2) is 48.6 Å². The minimum absolute atomic E-state index is 0.0175. The molecule has 2 unspecified atom stereocenters. The van der Waals surface area contributed by atoms with Gasteiger partial charge in [0.2, 0.25) is 0 Å². The molecular weight excluding hydrogens is 241 g/mol. The molecule has 1 aromatic rings. The molecule has 0 amide bonds. The van der Waals surface area contributed by atoms with Gasteiger partial charge in [0, 0.05) is 37.8 Å². The summed E-state index contributed by atoms with van der Waals surface area (Å²) >= 11 is 0. The lowest BCUT2D eigenvalue weighted by atomic mass is 10.0. The molecule has 0 aromatic heterocycles. The van der Waals surface area contributed by atoms with Gasteiger partial charge in [0.15, 0.2) is 0 Å². The molecule has 2 fully saturated rings. The molecule has 2 aliphatic heterocycles. The van der Waals surface area contributed by atoms with Crippen LogP contribution in [0, 0.1) is 5.82 Å². The Morgan fingerprint density at radius 1 is 1.26 bits per heavy atom. The predicted molar refractivity (Wildman–Crippen MR) is 74.4 cm³/mol. The van der Waals surface area contributed by atoms with Crippen molar-refractivity contribution in [2.75, 3.05) is 32.7 Å². The summed E-state index contributed by atoms with van der Waals surface area (Å²) in [6.45, 7) is 4.82. The molecule has 2 heterocycles. The van der Waals surface area contributed by atoms with Crippen molar-refractivity contribution in [1.29, 1.82) is 0 Å². The van der Waals surface area contributed by atoms with Gasteiger partial charge in [-0.05, 0) is 25.5 Å². The van der Waals surface area contributed by atoms with Crippen LogP contribution in [0.5, 0.6) is 0 Å². The van der Waals surface area contributed by atoms with E-state index in [4.69, 9.17) is 5.73 Å². The van der Waals surface area contributed by atoms with Gasteiger partial charge >= 0.3 is 0 Å². The van der Waals surface area contributed by atoms with E-state index in [1.165, 1.54) is 25.5 Å². The van der Waals surface area contributed by atoms with Gasteiger partial charge in [-0.3, -0.25) is 9.80 Å². The van der Waals surface area contributed by atoms with Crippen molar-refractivity contribution in [3.05, 3.63) is 35.6 Å². The van der Waals surface area contributed by atoms with Gasteiger partial charge in [-0.2, -0.15) is 0 Å². The number of nitrogens with two attached hydrogens (primary N) is 1. The van der Waals surface area contributed by atoms with Crippen molar-refractivity contribution in [3.63, 3.8) is 0 Å². The number of piperazine rings is 1. The highest BCUT2D eigenvalue weighted by molar-refractivity contribution is 5.22. The van der Waals surface area contributed by atoms with Gasteiger partial charge < -0.3 is 5.73 Å². The Labute approximate surface area is 114 Å². The third-order valence-electron chi connectivity index (χ3n) is 4.55. The van der Waals surface area contributed by atoms with Crippen molar-refractivity contribution in [2.24, 2.45) is 5.73 Å². The highest BCUT2D eigenvalue weighted by Gasteiger charge is 2.33. The van der Waals surface area contributed by atoms with Gasteiger partial charge in [-0.1, -0.05) is 18.2 Å². The topological polar surface area (TPSA) is 32.5 Å². The van der Waals surface area contributed by atoms with Crippen LogP contribution in [0.4, 0.5) is 4.39 Å². The second kappa shape index (κ2) is 5.57. The Kier molecular flexibility index (Phi) is 3.82. The van der Waals surface area contributed by atoms with Crippen LogP contribution in [0.1, 0.15) is 24.4 Å². The van der Waals surface area contributed by atoms with Crippen LogP contribution in [0.25, 0.3) is 0 Å². The maximum atomic E-state index is 14.0. The minimum atomic E-state index is -0.133. The number of hydrogen-bond acceptors (Lipinski definition) is 3. The Morgan fingerprint density at radius 2 is 2.11 bits per heavy atom. The molecule has 3 rings (SSSR count). The largest absolute Gasteiger partial charge is 0.329 e. The van der Waals surface area contributed by atoms with Crippen molar-refractivity contribution >= 4 is 0 Å². The molecule has 2 aliphatic rings. The fraction of sp³-hybridized carbons (Fsp3) is 0.600. The molecule has 104 valence electrons. The maximum absolute atomic E-state index is 14.0. The molecule has 0 bridgehead atoms. The molecule has 2 saturated heterocycles. The first kappa shape index (κ1) is 13.0. The highest BCUT2D eigenvalue weighted by Crippen LogP contribution is 2.28. The number of benzene rings is 1. The molecule has 0 saturated carbocycles. The number of rotatable bonds is 3. The summed E-state index contributed by atoms with van der Waals surface area (Å²) in [5, 5.41) is 0. The van der Waals surface area contributed by atoms with Crippen LogP contribution in [0.3, 0.4) is 0 Å². The fourth-order valence-corrected chi connectivity index (χ4v) is 3.52. The summed E-state index contributed by atoms with van der Waals surface area (Å²) in [7, 11) is 0. The zero-order chi connectivity index (χ0) is 13.2. The Balaban J connectivity index is 1.77. The quantitative estimate of drug-likeness (QED) is 0.899. The van der Waals surface area contributed by atoms with Gasteiger partial charge in [0.05, 0.1) is 6.04 Å². The normalized spacial score (nSPS) is 26.3. The minimum Gasteiger partial charge on any atom is -0.329 e. The van der Waals surface area contributed by atoms with Crippen LogP contribution in [-0.2, 0) is 0 Å². The highest BCUT2D eigenvalue weighted by atomic mass is 19.1. The van der Waals surface area contributed by atoms with Crippen LogP contribution in [0.15, 0.2) is 24.3 Å². The van der Waals surface area contributed by atoms with E-state index < -0.39 is 0 Å². The zero-order valence-electron chi connectivity index (χ0n) is 11.3. The molecule has 19 heavy (non-hydrogen) atoms. The average molecular weight is 263 g/mol. The first-order valence-corrected chi connectivity index (χ1v) is 7.22. The summed E-state index contributed by atoms with van der Waals surface area (Å²) in [5.41, 5.74) is 6.67. The van der Waals surface area contributed by atoms with E-state index in [2.05, 4.69) is 9.80 Å². The van der Waals surface area contributed by atoms with Crippen molar-refractivity contribution in [1.82, 2.24) is 9.80 Å². The maximum Gasteiger partial charge on any atom is 0.128 e. The third-order valence-corrected chi connectivity index (χ3v) is 4.55. The van der Waals surface area contributed by atoms with E-state index >= 15 is 0 Å². The summed E-state index contributed by atoms with van der Waals surface area (Å²) < 4.78 is 14.0. The fourth-order valence-electron chi connectivity index (χ4n) is 3.52. The van der Waals surface area contributed by atoms with E-state index in [1.807, 2.05) is 12.1 Å². The number of fused-ring (bicyclic) bond motifs is 1. The second-order valence-corrected chi connectivity index (χ2v) is 5.60. The summed E-state index contributed by atoms with van der Waals surface area (Å²) in [6.07, 6.45) is 2.57. The lowest BCUT2D eigenvalue weighted by Crippen LogP contribution is -2.52. The number of hydrogen-bond donors (Lipinski definition) is 1. The Bertz CT molecular complexity index is 437. The smallest absolute Gasteiger partial charge is 0.128 e. The van der Waals surface area contributed by atoms with Crippen LogP contribution < -0.4 is 5.73 Å². The van der Waals surface area contributed by atoms with Gasteiger partial charge in [-0.15, -0.1) is 0 Å². The number of nitrogens with zero attached hydrogens (tertiary/aromatic N) is 2. The molecule has 2 atom stereocenters. The first-order chi connectivity index (χ1) is 9.29. The van der Waals surface area contributed by atoms with Crippen LogP contribution >= 0.6 is 0 Å². The van der Waals surface area contributed by atoms with Crippen molar-refractivity contribution in [2.45, 2.75) is 24.9 Å². The van der Waals surface area contributed by atoms with E-state index in [0.717, 1.165) is 25.2 Å². The summed E-state index contributed by atoms with van der Waals surface area (Å²) in [6, 6.07) is 7.70. The van der Waals surface area contributed by atoms with Crippen LogP contribution in [0.2, 0.25) is 0 Å². The van der Waals surface area contributed by atoms with Crippen molar-refractivity contribution < 1.29 is 4.39 Å². The molecule has 0 spiro atoms. The molecular formula is C15H22FN3. The molecule has 3 nitrogen and oxygen atoms in total. The first-order valence-electron chi connectivity index (χ1n) is 7.22. The predicted octanol–water partition coefficient (Wildman–Crippen LogP) is 1.61. The monoisotopic (exact) mass is 263 g/mol. The van der Waals surface area contributed by atoms with E-state index in [9.17, 15) is 4.39 Å². The summed E-state index contributed by atoms with van der Waals surface area (Å²) in [4.78, 5) is 4.93. The summed E-state index contributed by atoms with van der Waals surface area (Å²) in [5.74, 6) is -0.133. The third kappa shape index (κ3) is 2.53. The van der Waals surface area contributed by atoms with E-state index in [0.29, 0.717) is 12.6 Å². The zero-order valence-corrected chi connectivity index (χ0v) is 11.3. The SMILES string of the molecule is NCC(c1ccccc1F)N1CCN2CCCC2C1. The lowest BCUT2D eigenvalue weighted by Gasteiger charge is -2.41. The second-order valence-electron chi connectivity index (χ2n) is 5.60. The Morgan fingerprint density at radius 3 is 2.89 bits per heavy atom. The Hall–Kier alpha value is -0.970. The molecule has 4 heteroatoms. The molecule has 2 N–H and O–H groups in total. The number of halogens is 1. The van der Waals surface area contributed by atoms with Gasteiger partial charge in [0.25, 0.3) is 0 Å². The van der Waals surface area contributed by atoms with Gasteiger partial charge in [-0.25, -0.2) is 4.39 Å². The standard InChI is InChI=1S/C15H22FN3/c16-14-6-2-1-5-13(14)15(10-17)19-9-8-18-7-3-4-12(18)11-19/h1-2,5-6,12,15H,3-4,7-11,17H2. The van der Waals surface area contributed by atoms with E-state index in [1.54, 1.807) is 6.07 Å². The lowest BCUT2D eigenvalue weighted by molar-refractivity contribution is 0.0725. The molecule has 0 aliphatic carbocycles.